The van der Waals surface area contributed by atoms with E-state index in [4.69, 9.17) is 0 Å². The fraction of sp³-hybridized carbons (Fsp3) is 0.133. The van der Waals surface area contributed by atoms with Crippen LogP contribution in [0, 0.1) is 17.5 Å². The van der Waals surface area contributed by atoms with Gasteiger partial charge in [0.1, 0.15) is 11.6 Å². The number of hydrogen-bond acceptors (Lipinski definition) is 2. The van der Waals surface area contributed by atoms with Crippen LogP contribution in [0.4, 0.5) is 18.9 Å². The Morgan fingerprint density at radius 1 is 1.05 bits per heavy atom. The summed E-state index contributed by atoms with van der Waals surface area (Å²) in [5, 5.41) is 2.73. The van der Waals surface area contributed by atoms with E-state index in [1.807, 2.05) is 35.9 Å². The van der Waals surface area contributed by atoms with E-state index in [0.717, 1.165) is 17.1 Å². The number of aryl methyl sites for hydroxylation is 1. The van der Waals surface area contributed by atoms with E-state index in [2.05, 4.69) is 10.3 Å². The molecule has 0 aliphatic heterocycles. The summed E-state index contributed by atoms with van der Waals surface area (Å²) < 4.78 is 41.4. The number of imidazole rings is 1. The second-order valence-corrected chi connectivity index (χ2v) is 4.68. The van der Waals surface area contributed by atoms with E-state index < -0.39 is 17.5 Å². The standard InChI is InChI=1S/C15H12F3N3/c1-21-14-5-3-2-4-12(14)20-15(21)8-19-13-7-10(17)9(16)6-11(13)18/h2-7,19H,8H2,1H3. The Morgan fingerprint density at radius 3 is 2.52 bits per heavy atom. The SMILES string of the molecule is Cn1c(CNc2cc(F)c(F)cc2F)nc2ccccc21. The second-order valence-electron chi connectivity index (χ2n) is 4.68. The van der Waals surface area contributed by atoms with Crippen molar-refractivity contribution < 1.29 is 13.2 Å². The van der Waals surface area contributed by atoms with Crippen molar-refractivity contribution in [1.29, 1.82) is 0 Å². The van der Waals surface area contributed by atoms with Crippen molar-refractivity contribution >= 4 is 16.7 Å². The summed E-state index contributed by atoms with van der Waals surface area (Å²) in [6, 6.07) is 8.89. The van der Waals surface area contributed by atoms with E-state index in [9.17, 15) is 13.2 Å². The van der Waals surface area contributed by atoms with Crippen LogP contribution < -0.4 is 5.32 Å². The van der Waals surface area contributed by atoms with Crippen LogP contribution in [0.15, 0.2) is 36.4 Å². The molecule has 1 N–H and O–H groups in total. The van der Waals surface area contributed by atoms with Gasteiger partial charge in [-0.25, -0.2) is 18.2 Å². The Labute approximate surface area is 119 Å². The Hall–Kier alpha value is -2.50. The van der Waals surface area contributed by atoms with Crippen LogP contribution in [-0.2, 0) is 13.6 Å². The molecular formula is C15H12F3N3. The molecule has 0 spiro atoms. The summed E-state index contributed by atoms with van der Waals surface area (Å²) in [5.74, 6) is -2.47. The van der Waals surface area contributed by atoms with Crippen LogP contribution in [0.5, 0.6) is 0 Å². The predicted molar refractivity (Wildman–Crippen MR) is 74.4 cm³/mol. The number of nitrogens with one attached hydrogen (secondary N) is 1. The molecule has 0 bridgehead atoms. The van der Waals surface area contributed by atoms with Crippen LogP contribution in [-0.4, -0.2) is 9.55 Å². The molecule has 0 atom stereocenters. The maximum Gasteiger partial charge on any atom is 0.161 e. The number of para-hydroxylation sites is 2. The molecular weight excluding hydrogens is 279 g/mol. The fourth-order valence-corrected chi connectivity index (χ4v) is 2.19. The third-order valence-electron chi connectivity index (χ3n) is 3.33. The largest absolute Gasteiger partial charge is 0.375 e. The van der Waals surface area contributed by atoms with Crippen molar-refractivity contribution in [2.75, 3.05) is 5.32 Å². The smallest absolute Gasteiger partial charge is 0.161 e. The molecule has 1 aromatic heterocycles. The van der Waals surface area contributed by atoms with Crippen molar-refractivity contribution in [2.24, 2.45) is 7.05 Å². The summed E-state index contributed by atoms with van der Waals surface area (Å²) in [4.78, 5) is 4.41. The van der Waals surface area contributed by atoms with Gasteiger partial charge in [-0.1, -0.05) is 12.1 Å². The molecule has 0 radical (unpaired) electrons. The number of rotatable bonds is 3. The van der Waals surface area contributed by atoms with E-state index >= 15 is 0 Å². The molecule has 0 fully saturated rings. The zero-order valence-corrected chi connectivity index (χ0v) is 11.2. The molecule has 108 valence electrons. The number of aromatic nitrogens is 2. The van der Waals surface area contributed by atoms with Gasteiger partial charge in [0.15, 0.2) is 11.6 Å². The average molecular weight is 291 g/mol. The molecule has 0 aliphatic rings. The van der Waals surface area contributed by atoms with E-state index in [1.165, 1.54) is 0 Å². The lowest BCUT2D eigenvalue weighted by Crippen LogP contribution is -2.07. The van der Waals surface area contributed by atoms with Gasteiger partial charge in [0.25, 0.3) is 0 Å². The highest BCUT2D eigenvalue weighted by Crippen LogP contribution is 2.20. The quantitative estimate of drug-likeness (QED) is 0.747. The first-order valence-electron chi connectivity index (χ1n) is 6.35. The van der Waals surface area contributed by atoms with E-state index in [0.29, 0.717) is 11.9 Å². The fourth-order valence-electron chi connectivity index (χ4n) is 2.19. The van der Waals surface area contributed by atoms with Crippen LogP contribution in [0.1, 0.15) is 5.82 Å². The highest BCUT2D eigenvalue weighted by molar-refractivity contribution is 5.75. The Balaban J connectivity index is 1.87. The van der Waals surface area contributed by atoms with E-state index in [1.54, 1.807) is 0 Å². The van der Waals surface area contributed by atoms with Gasteiger partial charge < -0.3 is 9.88 Å². The predicted octanol–water partition coefficient (Wildman–Crippen LogP) is 3.60. The van der Waals surface area contributed by atoms with Crippen LogP contribution >= 0.6 is 0 Å². The summed E-state index contributed by atoms with van der Waals surface area (Å²) in [6.07, 6.45) is 0. The molecule has 0 unspecified atom stereocenters. The first-order chi connectivity index (χ1) is 10.1. The maximum atomic E-state index is 13.5. The molecule has 0 amide bonds. The van der Waals surface area contributed by atoms with Crippen LogP contribution in [0.2, 0.25) is 0 Å². The minimum absolute atomic E-state index is 0.0963. The molecule has 3 aromatic rings. The van der Waals surface area contributed by atoms with Gasteiger partial charge in [-0.15, -0.1) is 0 Å². The minimum Gasteiger partial charge on any atom is -0.375 e. The molecule has 2 aromatic carbocycles. The molecule has 3 rings (SSSR count). The molecule has 1 heterocycles. The average Bonchev–Trinajstić information content (AvgIpc) is 2.79. The number of nitrogens with zero attached hydrogens (tertiary/aromatic N) is 2. The van der Waals surface area contributed by atoms with E-state index in [-0.39, 0.29) is 12.2 Å². The number of halogens is 3. The Kier molecular flexibility index (Phi) is 3.29. The van der Waals surface area contributed by atoms with Crippen LogP contribution in [0.3, 0.4) is 0 Å². The van der Waals surface area contributed by atoms with Crippen molar-refractivity contribution in [3.8, 4) is 0 Å². The first kappa shape index (κ1) is 13.5. The minimum atomic E-state index is -1.21. The third-order valence-corrected chi connectivity index (χ3v) is 3.33. The van der Waals surface area contributed by atoms with Gasteiger partial charge in [-0.2, -0.15) is 0 Å². The highest BCUT2D eigenvalue weighted by atomic mass is 19.2. The highest BCUT2D eigenvalue weighted by Gasteiger charge is 2.11. The number of hydrogen-bond donors (Lipinski definition) is 1. The van der Waals surface area contributed by atoms with Gasteiger partial charge in [0.05, 0.1) is 23.3 Å². The van der Waals surface area contributed by atoms with Gasteiger partial charge >= 0.3 is 0 Å². The van der Waals surface area contributed by atoms with Gasteiger partial charge in [0, 0.05) is 19.2 Å². The zero-order chi connectivity index (χ0) is 15.0. The molecule has 0 aliphatic carbocycles. The molecule has 3 nitrogen and oxygen atoms in total. The summed E-state index contributed by atoms with van der Waals surface area (Å²) in [5.41, 5.74) is 1.67. The lowest BCUT2D eigenvalue weighted by molar-refractivity contribution is 0.496. The normalized spacial score (nSPS) is 11.0. The number of benzene rings is 2. The van der Waals surface area contributed by atoms with Gasteiger partial charge in [-0.3, -0.25) is 0 Å². The second kappa shape index (κ2) is 5.12. The first-order valence-corrected chi connectivity index (χ1v) is 6.35. The molecule has 0 saturated heterocycles. The molecule has 0 saturated carbocycles. The topological polar surface area (TPSA) is 29.9 Å². The Morgan fingerprint density at radius 2 is 1.76 bits per heavy atom. The number of anilines is 1. The van der Waals surface area contributed by atoms with Gasteiger partial charge in [0.2, 0.25) is 0 Å². The Bertz CT molecular complexity index is 811. The van der Waals surface area contributed by atoms with Crippen molar-refractivity contribution in [3.05, 3.63) is 59.7 Å². The third kappa shape index (κ3) is 2.44. The molecule has 21 heavy (non-hydrogen) atoms. The number of fused-ring (bicyclic) bond motifs is 1. The van der Waals surface area contributed by atoms with Crippen LogP contribution in [0.25, 0.3) is 11.0 Å². The monoisotopic (exact) mass is 291 g/mol. The lowest BCUT2D eigenvalue weighted by atomic mass is 10.3. The van der Waals surface area contributed by atoms with Gasteiger partial charge in [-0.05, 0) is 12.1 Å². The maximum absolute atomic E-state index is 13.5. The summed E-state index contributed by atoms with van der Waals surface area (Å²) in [7, 11) is 1.84. The molecule has 6 heteroatoms. The summed E-state index contributed by atoms with van der Waals surface area (Å²) in [6.45, 7) is 0.202. The van der Waals surface area contributed by atoms with Crippen molar-refractivity contribution in [3.63, 3.8) is 0 Å². The van der Waals surface area contributed by atoms with Crippen molar-refractivity contribution in [2.45, 2.75) is 6.54 Å². The zero-order valence-electron chi connectivity index (χ0n) is 11.2. The lowest BCUT2D eigenvalue weighted by Gasteiger charge is -2.08. The summed E-state index contributed by atoms with van der Waals surface area (Å²) >= 11 is 0. The van der Waals surface area contributed by atoms with Crippen molar-refractivity contribution in [1.82, 2.24) is 9.55 Å².